The molecule has 0 N–H and O–H groups in total. The van der Waals surface area contributed by atoms with Crippen LogP contribution in [-0.2, 0) is 0 Å². The molecule has 12 heavy (non-hydrogen) atoms. The zero-order chi connectivity index (χ0) is 9.30. The summed E-state index contributed by atoms with van der Waals surface area (Å²) in [6.45, 7) is 1.94. The van der Waals surface area contributed by atoms with Gasteiger partial charge >= 0.3 is 0 Å². The molecule has 0 saturated carbocycles. The van der Waals surface area contributed by atoms with Crippen molar-refractivity contribution in [1.29, 1.82) is 0 Å². The van der Waals surface area contributed by atoms with Gasteiger partial charge in [-0.25, -0.2) is 0 Å². The van der Waals surface area contributed by atoms with E-state index in [2.05, 4.69) is 38.5 Å². The molecule has 0 saturated heterocycles. The highest BCUT2D eigenvalue weighted by Gasteiger charge is 2.09. The summed E-state index contributed by atoms with van der Waals surface area (Å²) >= 11 is 10.8. The van der Waals surface area contributed by atoms with Crippen LogP contribution in [0.2, 0.25) is 0 Å². The van der Waals surface area contributed by atoms with Crippen molar-refractivity contribution in [3.05, 3.63) is 31.3 Å². The van der Waals surface area contributed by atoms with Crippen LogP contribution in [0, 0.1) is 10.5 Å². The zero-order valence-electron chi connectivity index (χ0n) is 6.20. The van der Waals surface area contributed by atoms with Crippen LogP contribution >= 0.6 is 50.1 Å². The summed E-state index contributed by atoms with van der Waals surface area (Å²) in [6.07, 6.45) is 0. The summed E-state index contributed by atoms with van der Waals surface area (Å²) < 4.78 is 1.79. The van der Waals surface area contributed by atoms with Gasteiger partial charge in [-0.1, -0.05) is 15.9 Å². The maximum absolute atomic E-state index is 10.9. The van der Waals surface area contributed by atoms with E-state index in [0.717, 1.165) is 13.6 Å². The summed E-state index contributed by atoms with van der Waals surface area (Å²) in [5.74, 6) is 0. The Morgan fingerprint density at radius 1 is 1.58 bits per heavy atom. The molecule has 1 nitrogen and oxygen atoms in total. The predicted octanol–water partition coefficient (Wildman–Crippen LogP) is 3.74. The first-order chi connectivity index (χ1) is 5.52. The van der Waals surface area contributed by atoms with E-state index in [-0.39, 0.29) is 0 Å². The average Bonchev–Trinajstić information content (AvgIpc) is 1.96. The number of aryl methyl sites for hydroxylation is 1. The summed E-state index contributed by atoms with van der Waals surface area (Å²) in [7, 11) is 0. The third-order valence-electron chi connectivity index (χ3n) is 1.43. The van der Waals surface area contributed by atoms with Crippen LogP contribution in [0.5, 0.6) is 0 Å². The van der Waals surface area contributed by atoms with Crippen molar-refractivity contribution in [1.82, 2.24) is 0 Å². The first-order valence-corrected chi connectivity index (χ1v) is 5.43. The highest BCUT2D eigenvalue weighted by molar-refractivity contribution is 14.1. The predicted molar refractivity (Wildman–Crippen MR) is 61.8 cm³/mol. The lowest BCUT2D eigenvalue weighted by molar-refractivity contribution is 0.108. The van der Waals surface area contributed by atoms with E-state index in [1.165, 1.54) is 0 Å². The highest BCUT2D eigenvalue weighted by Crippen LogP contribution is 2.23. The van der Waals surface area contributed by atoms with Crippen molar-refractivity contribution in [3.8, 4) is 0 Å². The number of carbonyl (C=O) groups is 1. The average molecular weight is 359 g/mol. The lowest BCUT2D eigenvalue weighted by Gasteiger charge is -2.03. The third kappa shape index (κ3) is 2.20. The quantitative estimate of drug-likeness (QED) is 0.551. The summed E-state index contributed by atoms with van der Waals surface area (Å²) in [5, 5.41) is -0.413. The Balaban J connectivity index is 3.37. The molecule has 0 radical (unpaired) electrons. The van der Waals surface area contributed by atoms with Crippen LogP contribution in [0.15, 0.2) is 16.6 Å². The summed E-state index contributed by atoms with van der Waals surface area (Å²) in [5.41, 5.74) is 1.61. The second-order valence-corrected chi connectivity index (χ2v) is 4.70. The van der Waals surface area contributed by atoms with Crippen molar-refractivity contribution in [2.45, 2.75) is 6.92 Å². The summed E-state index contributed by atoms with van der Waals surface area (Å²) in [6, 6.07) is 3.68. The first-order valence-electron chi connectivity index (χ1n) is 3.18. The molecule has 0 spiro atoms. The molecule has 0 atom stereocenters. The van der Waals surface area contributed by atoms with Gasteiger partial charge in [-0.2, -0.15) is 0 Å². The van der Waals surface area contributed by atoms with Crippen LogP contribution in [0.4, 0.5) is 0 Å². The fraction of sp³-hybridized carbons (Fsp3) is 0.125. The Hall–Kier alpha value is 0.390. The van der Waals surface area contributed by atoms with E-state index >= 15 is 0 Å². The molecule has 0 heterocycles. The second kappa shape index (κ2) is 4.07. The van der Waals surface area contributed by atoms with Gasteiger partial charge in [0.15, 0.2) is 0 Å². The van der Waals surface area contributed by atoms with Gasteiger partial charge in [0.1, 0.15) is 0 Å². The normalized spacial score (nSPS) is 10.0. The number of benzene rings is 1. The minimum atomic E-state index is -0.413. The number of hydrogen-bond acceptors (Lipinski definition) is 1. The Bertz CT molecular complexity index is 338. The van der Waals surface area contributed by atoms with Crippen LogP contribution in [0.25, 0.3) is 0 Å². The van der Waals surface area contributed by atoms with Crippen LogP contribution < -0.4 is 0 Å². The number of rotatable bonds is 1. The fourth-order valence-corrected chi connectivity index (χ4v) is 2.31. The van der Waals surface area contributed by atoms with E-state index in [1.807, 2.05) is 13.0 Å². The second-order valence-electron chi connectivity index (χ2n) is 2.36. The Kier molecular flexibility index (Phi) is 3.55. The Morgan fingerprint density at radius 2 is 2.17 bits per heavy atom. The number of halogens is 3. The van der Waals surface area contributed by atoms with Gasteiger partial charge in [0.2, 0.25) is 0 Å². The van der Waals surface area contributed by atoms with E-state index < -0.39 is 5.24 Å². The Morgan fingerprint density at radius 3 is 2.67 bits per heavy atom. The molecule has 4 heteroatoms. The standard InChI is InChI=1S/C8H5BrClIO/c1-4-2-5(9)3-6(7(4)11)8(10)12/h2-3H,1H3. The van der Waals surface area contributed by atoms with Gasteiger partial charge in [0, 0.05) is 13.6 Å². The minimum absolute atomic E-state index is 0.413. The maximum atomic E-state index is 10.9. The van der Waals surface area contributed by atoms with E-state index in [4.69, 9.17) is 11.6 Å². The van der Waals surface area contributed by atoms with Gasteiger partial charge in [-0.05, 0) is 58.8 Å². The topological polar surface area (TPSA) is 17.1 Å². The number of hydrogen-bond donors (Lipinski definition) is 0. The molecular weight excluding hydrogens is 354 g/mol. The largest absolute Gasteiger partial charge is 0.276 e. The third-order valence-corrected chi connectivity index (χ3v) is 3.52. The molecular formula is C8H5BrClIO. The lowest BCUT2D eigenvalue weighted by Crippen LogP contribution is -1.95. The van der Waals surface area contributed by atoms with Gasteiger partial charge in [-0.3, -0.25) is 4.79 Å². The van der Waals surface area contributed by atoms with Crippen molar-refractivity contribution in [2.24, 2.45) is 0 Å². The monoisotopic (exact) mass is 358 g/mol. The van der Waals surface area contributed by atoms with Crippen LogP contribution in [-0.4, -0.2) is 5.24 Å². The molecule has 0 bridgehead atoms. The van der Waals surface area contributed by atoms with Crippen molar-refractivity contribution in [2.75, 3.05) is 0 Å². The first kappa shape index (κ1) is 10.5. The van der Waals surface area contributed by atoms with Gasteiger partial charge in [-0.15, -0.1) is 0 Å². The van der Waals surface area contributed by atoms with Gasteiger partial charge in [0.05, 0.1) is 0 Å². The smallest absolute Gasteiger partial charge is 0.253 e. The van der Waals surface area contributed by atoms with E-state index in [1.54, 1.807) is 6.07 Å². The molecule has 0 aliphatic carbocycles. The van der Waals surface area contributed by atoms with E-state index in [9.17, 15) is 4.79 Å². The molecule has 0 amide bonds. The zero-order valence-corrected chi connectivity index (χ0v) is 10.7. The molecule has 0 unspecified atom stereocenters. The fourth-order valence-electron chi connectivity index (χ4n) is 0.869. The van der Waals surface area contributed by atoms with Crippen LogP contribution in [0.3, 0.4) is 0 Å². The van der Waals surface area contributed by atoms with E-state index in [0.29, 0.717) is 5.56 Å². The minimum Gasteiger partial charge on any atom is -0.276 e. The van der Waals surface area contributed by atoms with Crippen molar-refractivity contribution < 1.29 is 4.79 Å². The Labute approximate surface area is 97.8 Å². The SMILES string of the molecule is Cc1cc(Br)cc(C(=O)Cl)c1I. The van der Waals surface area contributed by atoms with Crippen LogP contribution in [0.1, 0.15) is 15.9 Å². The molecule has 0 aliphatic rings. The van der Waals surface area contributed by atoms with Gasteiger partial charge in [0.25, 0.3) is 5.24 Å². The summed E-state index contributed by atoms with van der Waals surface area (Å²) in [4.78, 5) is 10.9. The molecule has 0 aliphatic heterocycles. The van der Waals surface area contributed by atoms with Gasteiger partial charge < -0.3 is 0 Å². The number of carbonyl (C=O) groups excluding carboxylic acids is 1. The molecule has 0 fully saturated rings. The maximum Gasteiger partial charge on any atom is 0.253 e. The molecule has 0 aromatic heterocycles. The lowest BCUT2D eigenvalue weighted by atomic mass is 10.2. The molecule has 1 aromatic carbocycles. The van der Waals surface area contributed by atoms with Crippen molar-refractivity contribution >= 4 is 55.4 Å². The van der Waals surface area contributed by atoms with Crippen molar-refractivity contribution in [3.63, 3.8) is 0 Å². The molecule has 1 rings (SSSR count). The molecule has 64 valence electrons. The molecule has 1 aromatic rings. The highest BCUT2D eigenvalue weighted by atomic mass is 127.